The SMILES string of the molecule is C[C@@H](NC(=O)O)[C@H](CNC(=O)O)CC(CCO)C1CC1. The van der Waals surface area contributed by atoms with Crippen LogP contribution in [0.4, 0.5) is 9.59 Å². The van der Waals surface area contributed by atoms with Crippen LogP contribution < -0.4 is 10.6 Å². The van der Waals surface area contributed by atoms with Crippen molar-refractivity contribution in [3.8, 4) is 0 Å². The third-order valence-electron chi connectivity index (χ3n) is 3.97. The Morgan fingerprint density at radius 2 is 1.90 bits per heavy atom. The van der Waals surface area contributed by atoms with Crippen LogP contribution in [0, 0.1) is 17.8 Å². The van der Waals surface area contributed by atoms with E-state index in [1.807, 2.05) is 0 Å². The van der Waals surface area contributed by atoms with E-state index in [1.54, 1.807) is 6.92 Å². The minimum atomic E-state index is -1.11. The molecule has 0 bridgehead atoms. The molecule has 5 N–H and O–H groups in total. The minimum Gasteiger partial charge on any atom is -0.465 e. The van der Waals surface area contributed by atoms with Gasteiger partial charge in [-0.15, -0.1) is 0 Å². The lowest BCUT2D eigenvalue weighted by Gasteiger charge is -2.28. The first-order valence-corrected chi connectivity index (χ1v) is 7.01. The standard InChI is InChI=1S/C13H24N2O5/c1-8(15-13(19)20)11(7-14-12(17)18)6-10(4-5-16)9-2-3-9/h8-11,14-16H,2-7H2,1H3,(H,17,18)(H,19,20)/t8-,10?,11+/m1/s1. The average molecular weight is 288 g/mol. The summed E-state index contributed by atoms with van der Waals surface area (Å²) in [5, 5.41) is 31.3. The van der Waals surface area contributed by atoms with Crippen molar-refractivity contribution in [1.29, 1.82) is 0 Å². The number of hydrogen-bond acceptors (Lipinski definition) is 3. The molecule has 7 heteroatoms. The van der Waals surface area contributed by atoms with Crippen molar-refractivity contribution >= 4 is 12.2 Å². The zero-order valence-electron chi connectivity index (χ0n) is 11.7. The Kier molecular flexibility index (Phi) is 6.57. The lowest BCUT2D eigenvalue weighted by atomic mass is 9.85. The Labute approximate surface area is 118 Å². The van der Waals surface area contributed by atoms with E-state index < -0.39 is 12.2 Å². The number of amides is 2. The Hall–Kier alpha value is -1.50. The molecule has 0 heterocycles. The van der Waals surface area contributed by atoms with E-state index in [9.17, 15) is 9.59 Å². The number of rotatable bonds is 9. The highest BCUT2D eigenvalue weighted by atomic mass is 16.4. The van der Waals surface area contributed by atoms with Crippen LogP contribution in [-0.4, -0.2) is 46.7 Å². The summed E-state index contributed by atoms with van der Waals surface area (Å²) in [5.74, 6) is 0.810. The van der Waals surface area contributed by atoms with E-state index in [1.165, 1.54) is 0 Å². The van der Waals surface area contributed by atoms with Gasteiger partial charge in [-0.3, -0.25) is 0 Å². The number of hydrogen-bond donors (Lipinski definition) is 5. The molecule has 0 spiro atoms. The smallest absolute Gasteiger partial charge is 0.404 e. The first-order valence-electron chi connectivity index (χ1n) is 7.01. The molecule has 1 aliphatic carbocycles. The van der Waals surface area contributed by atoms with Crippen molar-refractivity contribution in [1.82, 2.24) is 10.6 Å². The molecule has 7 nitrogen and oxygen atoms in total. The van der Waals surface area contributed by atoms with E-state index in [-0.39, 0.29) is 25.1 Å². The molecule has 0 saturated heterocycles. The normalized spacial score (nSPS) is 18.9. The van der Waals surface area contributed by atoms with E-state index in [4.69, 9.17) is 15.3 Å². The fraction of sp³-hybridized carbons (Fsp3) is 0.846. The van der Waals surface area contributed by atoms with Gasteiger partial charge in [-0.1, -0.05) is 0 Å². The lowest BCUT2D eigenvalue weighted by Crippen LogP contribution is -2.43. The summed E-state index contributed by atoms with van der Waals surface area (Å²) in [4.78, 5) is 21.3. The van der Waals surface area contributed by atoms with Crippen LogP contribution in [0.3, 0.4) is 0 Å². The van der Waals surface area contributed by atoms with Gasteiger partial charge in [-0.2, -0.15) is 0 Å². The zero-order valence-corrected chi connectivity index (χ0v) is 11.7. The highest BCUT2D eigenvalue weighted by Gasteiger charge is 2.33. The number of aliphatic hydroxyl groups is 1. The molecular weight excluding hydrogens is 264 g/mol. The molecule has 1 fully saturated rings. The predicted octanol–water partition coefficient (Wildman–Crippen LogP) is 1.32. The van der Waals surface area contributed by atoms with E-state index >= 15 is 0 Å². The monoisotopic (exact) mass is 288 g/mol. The number of nitrogens with one attached hydrogen (secondary N) is 2. The van der Waals surface area contributed by atoms with Crippen LogP contribution in [0.2, 0.25) is 0 Å². The predicted molar refractivity (Wildman–Crippen MR) is 72.7 cm³/mol. The molecular formula is C13H24N2O5. The van der Waals surface area contributed by atoms with E-state index in [2.05, 4.69) is 10.6 Å². The van der Waals surface area contributed by atoms with Gasteiger partial charge in [0.05, 0.1) is 0 Å². The highest BCUT2D eigenvalue weighted by molar-refractivity contribution is 5.65. The van der Waals surface area contributed by atoms with Gasteiger partial charge < -0.3 is 26.0 Å². The maximum Gasteiger partial charge on any atom is 0.404 e. The van der Waals surface area contributed by atoms with Gasteiger partial charge in [-0.05, 0) is 50.4 Å². The molecule has 0 aliphatic heterocycles. The average Bonchev–Trinajstić information content (AvgIpc) is 3.15. The van der Waals surface area contributed by atoms with Crippen LogP contribution in [0.15, 0.2) is 0 Å². The molecule has 0 aromatic rings. The summed E-state index contributed by atoms with van der Waals surface area (Å²) >= 11 is 0. The third kappa shape index (κ3) is 6.10. The van der Waals surface area contributed by atoms with Gasteiger partial charge in [0, 0.05) is 19.2 Å². The Morgan fingerprint density at radius 1 is 1.25 bits per heavy atom. The fourth-order valence-electron chi connectivity index (χ4n) is 2.66. The summed E-state index contributed by atoms with van der Waals surface area (Å²) in [6, 6.07) is -0.334. The van der Waals surface area contributed by atoms with Gasteiger partial charge >= 0.3 is 12.2 Å². The first kappa shape index (κ1) is 16.6. The van der Waals surface area contributed by atoms with Gasteiger partial charge in [0.15, 0.2) is 0 Å². The lowest BCUT2D eigenvalue weighted by molar-refractivity contribution is 0.171. The van der Waals surface area contributed by atoms with Crippen molar-refractivity contribution in [2.24, 2.45) is 17.8 Å². The summed E-state index contributed by atoms with van der Waals surface area (Å²) in [5.41, 5.74) is 0. The summed E-state index contributed by atoms with van der Waals surface area (Å²) in [7, 11) is 0. The largest absolute Gasteiger partial charge is 0.465 e. The summed E-state index contributed by atoms with van der Waals surface area (Å²) < 4.78 is 0. The second-order valence-electron chi connectivity index (χ2n) is 5.53. The first-order chi connectivity index (χ1) is 9.43. The highest BCUT2D eigenvalue weighted by Crippen LogP contribution is 2.41. The maximum absolute atomic E-state index is 10.7. The second kappa shape index (κ2) is 7.94. The van der Waals surface area contributed by atoms with Crippen LogP contribution in [0.1, 0.15) is 32.6 Å². The molecule has 116 valence electrons. The maximum atomic E-state index is 10.7. The Balaban J connectivity index is 2.58. The number of carboxylic acid groups (broad SMARTS) is 2. The molecule has 1 rings (SSSR count). The van der Waals surface area contributed by atoms with Crippen molar-refractivity contribution in [3.05, 3.63) is 0 Å². The van der Waals surface area contributed by atoms with Crippen LogP contribution in [0.5, 0.6) is 0 Å². The van der Waals surface area contributed by atoms with Gasteiger partial charge in [0.1, 0.15) is 0 Å². The van der Waals surface area contributed by atoms with Crippen LogP contribution >= 0.6 is 0 Å². The molecule has 0 radical (unpaired) electrons. The van der Waals surface area contributed by atoms with Crippen molar-refractivity contribution in [3.63, 3.8) is 0 Å². The Morgan fingerprint density at radius 3 is 2.35 bits per heavy atom. The summed E-state index contributed by atoms with van der Waals surface area (Å²) in [6.45, 7) is 2.07. The van der Waals surface area contributed by atoms with E-state index in [0.29, 0.717) is 24.7 Å². The Bertz CT molecular complexity index is 333. The molecule has 20 heavy (non-hydrogen) atoms. The molecule has 1 aliphatic rings. The topological polar surface area (TPSA) is 119 Å². The van der Waals surface area contributed by atoms with Crippen LogP contribution in [0.25, 0.3) is 0 Å². The molecule has 2 amide bonds. The molecule has 0 aromatic heterocycles. The van der Waals surface area contributed by atoms with Crippen molar-refractivity contribution < 1.29 is 24.9 Å². The fourth-order valence-corrected chi connectivity index (χ4v) is 2.66. The minimum absolute atomic E-state index is 0.112. The third-order valence-corrected chi connectivity index (χ3v) is 3.97. The quantitative estimate of drug-likeness (QED) is 0.438. The van der Waals surface area contributed by atoms with Crippen molar-refractivity contribution in [2.75, 3.05) is 13.2 Å². The second-order valence-corrected chi connectivity index (χ2v) is 5.53. The van der Waals surface area contributed by atoms with E-state index in [0.717, 1.165) is 12.8 Å². The zero-order chi connectivity index (χ0) is 15.1. The van der Waals surface area contributed by atoms with Crippen molar-refractivity contribution in [2.45, 2.75) is 38.6 Å². The van der Waals surface area contributed by atoms with Crippen LogP contribution in [-0.2, 0) is 0 Å². The molecule has 1 unspecified atom stereocenters. The van der Waals surface area contributed by atoms with Gasteiger partial charge in [0.25, 0.3) is 0 Å². The molecule has 1 saturated carbocycles. The number of carbonyl (C=O) groups is 2. The van der Waals surface area contributed by atoms with Gasteiger partial charge in [0.2, 0.25) is 0 Å². The molecule has 0 aromatic carbocycles. The number of aliphatic hydroxyl groups excluding tert-OH is 1. The summed E-state index contributed by atoms with van der Waals surface area (Å²) in [6.07, 6.45) is 1.47. The van der Waals surface area contributed by atoms with Gasteiger partial charge in [-0.25, -0.2) is 9.59 Å². The molecule has 3 atom stereocenters.